The molecule has 0 bridgehead atoms. The first kappa shape index (κ1) is 69.4. The van der Waals surface area contributed by atoms with Crippen molar-refractivity contribution in [1.29, 1.82) is 0 Å². The number of aliphatic hydroxyl groups is 1. The number of aliphatic hydroxyl groups excluding tert-OH is 1. The Morgan fingerprint density at radius 3 is 1.29 bits per heavy atom. The Hall–Kier alpha value is -2.58. The molecule has 0 saturated heterocycles. The lowest BCUT2D eigenvalue weighted by atomic mass is 10.0. The molecule has 0 aromatic heterocycles. The van der Waals surface area contributed by atoms with Crippen molar-refractivity contribution in [2.24, 2.45) is 0 Å². The number of phosphoric acid groups is 1. The van der Waals surface area contributed by atoms with Crippen molar-refractivity contribution < 1.29 is 32.9 Å². The van der Waals surface area contributed by atoms with E-state index in [-0.39, 0.29) is 12.5 Å². The van der Waals surface area contributed by atoms with E-state index < -0.39 is 26.6 Å². The number of hydrogen-bond acceptors (Lipinski definition) is 6. The van der Waals surface area contributed by atoms with Crippen molar-refractivity contribution >= 4 is 13.7 Å². The largest absolute Gasteiger partial charge is 0.756 e. The van der Waals surface area contributed by atoms with E-state index in [4.69, 9.17) is 9.05 Å². The molecule has 0 fully saturated rings. The average molecular weight is 1030 g/mol. The zero-order chi connectivity index (χ0) is 52.7. The summed E-state index contributed by atoms with van der Waals surface area (Å²) in [7, 11) is 1.23. The lowest BCUT2D eigenvalue weighted by Gasteiger charge is -2.29. The second-order valence-electron chi connectivity index (χ2n) is 20.9. The molecule has 2 N–H and O–H groups in total. The molecule has 0 rings (SSSR count). The SMILES string of the molecule is CC/C=C\C/C=C\C/C=C\C/C=C\C/C=C\CCCCCCCCCCCCCCCC(=O)NC(COP(=O)([O-])OCC[N+](C)(C)C)C(O)/C=C/CC/C=C/CC/C=C/CCCCCCCCCCCCC. The third-order valence-corrected chi connectivity index (χ3v) is 13.7. The summed E-state index contributed by atoms with van der Waals surface area (Å²) in [5.41, 5.74) is 0. The fourth-order valence-electron chi connectivity index (χ4n) is 8.15. The second kappa shape index (κ2) is 53.3. The van der Waals surface area contributed by atoms with Gasteiger partial charge in [0.2, 0.25) is 5.91 Å². The van der Waals surface area contributed by atoms with Crippen LogP contribution in [0.3, 0.4) is 0 Å². The molecular weight excluding hydrogens is 912 g/mol. The Balaban J connectivity index is 4.25. The number of unbranched alkanes of at least 4 members (excludes halogenated alkanes) is 26. The standard InChI is InChI=1S/C63H113N2O6P/c1-6-8-10-12-14-16-18-20-22-24-26-28-29-30-31-32-33-34-35-37-39-41-43-45-47-49-51-53-55-57-63(67)64-61(60-71-72(68,69)70-59-58-65(3,4)5)62(66)56-54-52-50-48-46-44-42-40-38-36-27-25-23-21-19-17-15-13-11-9-7-2/h8,10,14,16,20,22,26,28,30-31,38,40,46,48,54,56,61-62,66H,6-7,9,11-13,15,17-19,21,23-25,27,29,32-37,39,41-45,47,49-53,55,57-60H2,1-5H3,(H-,64,67,68,69)/b10-8-,16-14-,22-20-,28-26-,31-30-,40-38+,48-46+,56-54+. The molecule has 0 aromatic carbocycles. The van der Waals surface area contributed by atoms with Gasteiger partial charge < -0.3 is 28.8 Å². The minimum Gasteiger partial charge on any atom is -0.756 e. The van der Waals surface area contributed by atoms with Crippen LogP contribution in [0, 0.1) is 0 Å². The number of amides is 1. The van der Waals surface area contributed by atoms with Crippen LogP contribution in [0.4, 0.5) is 0 Å². The molecule has 0 aliphatic heterocycles. The number of carbonyl (C=O) groups excluding carboxylic acids is 1. The van der Waals surface area contributed by atoms with Crippen LogP contribution >= 0.6 is 7.82 Å². The molecule has 0 aromatic rings. The van der Waals surface area contributed by atoms with Crippen LogP contribution in [-0.4, -0.2) is 68.5 Å². The molecule has 8 nitrogen and oxygen atoms in total. The summed E-state index contributed by atoms with van der Waals surface area (Å²) in [6, 6.07) is -0.917. The number of carbonyl (C=O) groups is 1. The smallest absolute Gasteiger partial charge is 0.268 e. The lowest BCUT2D eigenvalue weighted by molar-refractivity contribution is -0.870. The van der Waals surface area contributed by atoms with Gasteiger partial charge >= 0.3 is 0 Å². The Labute approximate surface area is 445 Å². The highest BCUT2D eigenvalue weighted by Crippen LogP contribution is 2.38. The molecule has 0 radical (unpaired) electrons. The molecule has 72 heavy (non-hydrogen) atoms. The van der Waals surface area contributed by atoms with Crippen molar-refractivity contribution in [1.82, 2.24) is 5.32 Å². The maximum absolute atomic E-state index is 13.0. The van der Waals surface area contributed by atoms with Gasteiger partial charge in [-0.05, 0) is 89.9 Å². The van der Waals surface area contributed by atoms with Gasteiger partial charge in [-0.15, -0.1) is 0 Å². The summed E-state index contributed by atoms with van der Waals surface area (Å²) in [5, 5.41) is 13.9. The van der Waals surface area contributed by atoms with Gasteiger partial charge in [-0.25, -0.2) is 0 Å². The fourth-order valence-corrected chi connectivity index (χ4v) is 8.88. The van der Waals surface area contributed by atoms with Crippen molar-refractivity contribution in [2.75, 3.05) is 40.9 Å². The summed E-state index contributed by atoms with van der Waals surface area (Å²) in [4.78, 5) is 25.5. The van der Waals surface area contributed by atoms with Gasteiger partial charge in [-0.2, -0.15) is 0 Å². The maximum atomic E-state index is 13.0. The van der Waals surface area contributed by atoms with Gasteiger partial charge in [0, 0.05) is 6.42 Å². The number of rotatable bonds is 53. The summed E-state index contributed by atoms with van der Waals surface area (Å²) < 4.78 is 23.3. The number of hydrogen-bond donors (Lipinski definition) is 2. The lowest BCUT2D eigenvalue weighted by Crippen LogP contribution is -2.45. The average Bonchev–Trinajstić information content (AvgIpc) is 3.34. The van der Waals surface area contributed by atoms with E-state index in [0.29, 0.717) is 17.4 Å². The van der Waals surface area contributed by atoms with Crippen molar-refractivity contribution in [2.45, 2.75) is 257 Å². The van der Waals surface area contributed by atoms with E-state index in [9.17, 15) is 19.4 Å². The predicted octanol–water partition coefficient (Wildman–Crippen LogP) is 17.6. The first-order valence-corrected chi connectivity index (χ1v) is 31.1. The third-order valence-electron chi connectivity index (χ3n) is 12.8. The molecule has 3 unspecified atom stereocenters. The van der Waals surface area contributed by atoms with Crippen LogP contribution in [0.25, 0.3) is 0 Å². The number of phosphoric ester groups is 1. The van der Waals surface area contributed by atoms with Crippen molar-refractivity contribution in [3.8, 4) is 0 Å². The van der Waals surface area contributed by atoms with E-state index in [0.717, 1.165) is 77.0 Å². The normalized spacial score (nSPS) is 14.6. The molecule has 0 spiro atoms. The quantitative estimate of drug-likeness (QED) is 0.0272. The van der Waals surface area contributed by atoms with Crippen LogP contribution in [-0.2, 0) is 18.4 Å². The fraction of sp³-hybridized carbons (Fsp3) is 0.730. The number of quaternary nitrogens is 1. The Bertz CT molecular complexity index is 1490. The molecule has 0 saturated carbocycles. The van der Waals surface area contributed by atoms with Crippen LogP contribution in [0.1, 0.15) is 245 Å². The number of allylic oxidation sites excluding steroid dienone is 15. The molecule has 416 valence electrons. The van der Waals surface area contributed by atoms with E-state index in [1.54, 1.807) is 6.08 Å². The van der Waals surface area contributed by atoms with Crippen LogP contribution in [0.15, 0.2) is 97.2 Å². The molecule has 1 amide bonds. The van der Waals surface area contributed by atoms with E-state index in [1.807, 2.05) is 27.2 Å². The van der Waals surface area contributed by atoms with E-state index >= 15 is 0 Å². The molecule has 0 heterocycles. The van der Waals surface area contributed by atoms with E-state index in [2.05, 4.69) is 104 Å². The Kier molecular flexibility index (Phi) is 51.3. The molecule has 9 heteroatoms. The second-order valence-corrected chi connectivity index (χ2v) is 22.4. The van der Waals surface area contributed by atoms with Gasteiger partial charge in [-0.3, -0.25) is 9.36 Å². The van der Waals surface area contributed by atoms with Gasteiger partial charge in [0.15, 0.2) is 0 Å². The zero-order valence-electron chi connectivity index (χ0n) is 47.4. The van der Waals surface area contributed by atoms with E-state index in [1.165, 1.54) is 148 Å². The summed E-state index contributed by atoms with van der Waals surface area (Å²) in [6.07, 6.45) is 76.3. The maximum Gasteiger partial charge on any atom is 0.268 e. The third kappa shape index (κ3) is 55.2. The molecule has 3 atom stereocenters. The minimum atomic E-state index is -4.62. The molecule has 0 aliphatic rings. The summed E-state index contributed by atoms with van der Waals surface area (Å²) >= 11 is 0. The number of likely N-dealkylation sites (N-methyl/N-ethyl adjacent to an activating group) is 1. The van der Waals surface area contributed by atoms with Crippen LogP contribution in [0.2, 0.25) is 0 Å². The predicted molar refractivity (Wildman–Crippen MR) is 311 cm³/mol. The summed E-state index contributed by atoms with van der Waals surface area (Å²) in [5.74, 6) is -0.215. The first-order valence-electron chi connectivity index (χ1n) is 29.6. The zero-order valence-corrected chi connectivity index (χ0v) is 48.2. The van der Waals surface area contributed by atoms with Gasteiger partial charge in [0.1, 0.15) is 13.2 Å². The Morgan fingerprint density at radius 2 is 0.861 bits per heavy atom. The molecular formula is C63H113N2O6P. The van der Waals surface area contributed by atoms with Crippen molar-refractivity contribution in [3.63, 3.8) is 0 Å². The van der Waals surface area contributed by atoms with Crippen LogP contribution in [0.5, 0.6) is 0 Å². The topological polar surface area (TPSA) is 108 Å². The Morgan fingerprint density at radius 1 is 0.500 bits per heavy atom. The monoisotopic (exact) mass is 1020 g/mol. The summed E-state index contributed by atoms with van der Waals surface area (Å²) in [6.45, 7) is 4.51. The van der Waals surface area contributed by atoms with Crippen LogP contribution < -0.4 is 10.2 Å². The van der Waals surface area contributed by atoms with Gasteiger partial charge in [0.25, 0.3) is 7.82 Å². The van der Waals surface area contributed by atoms with Gasteiger partial charge in [-0.1, -0.05) is 246 Å². The van der Waals surface area contributed by atoms with Crippen molar-refractivity contribution in [3.05, 3.63) is 97.2 Å². The minimum absolute atomic E-state index is 0.0130. The molecule has 0 aliphatic carbocycles. The van der Waals surface area contributed by atoms with Gasteiger partial charge in [0.05, 0.1) is 39.9 Å². The highest BCUT2D eigenvalue weighted by Gasteiger charge is 2.23. The number of nitrogens with zero attached hydrogens (tertiary/aromatic N) is 1. The first-order chi connectivity index (χ1) is 35.0. The number of nitrogens with one attached hydrogen (secondary N) is 1. The highest BCUT2D eigenvalue weighted by molar-refractivity contribution is 7.45. The highest BCUT2D eigenvalue weighted by atomic mass is 31.2.